The summed E-state index contributed by atoms with van der Waals surface area (Å²) in [5.41, 5.74) is 1.25. The average Bonchev–Trinajstić information content (AvgIpc) is 3.37. The molecular formula is C18H19FN2O3S. The summed E-state index contributed by atoms with van der Waals surface area (Å²) < 4.78 is 16.9. The number of anilines is 2. The monoisotopic (exact) mass is 362 g/mol. The van der Waals surface area contributed by atoms with Crippen LogP contribution in [-0.4, -0.2) is 12.3 Å². The van der Waals surface area contributed by atoms with Gasteiger partial charge >= 0.3 is 0 Å². The number of carbonyl (C=O) groups is 2. The van der Waals surface area contributed by atoms with Crippen LogP contribution in [0.1, 0.15) is 19.8 Å². The highest BCUT2D eigenvalue weighted by Crippen LogP contribution is 2.45. The van der Waals surface area contributed by atoms with E-state index in [2.05, 4.69) is 23.5 Å². The number of nitrogens with one attached hydrogen (secondary N) is 2. The molecule has 2 aromatic rings. The summed E-state index contributed by atoms with van der Waals surface area (Å²) in [6.07, 6.45) is 2.51. The number of amides is 2. The van der Waals surface area contributed by atoms with Crippen molar-refractivity contribution in [3.05, 3.63) is 54.3 Å². The molecule has 2 amide bonds. The molecule has 1 fully saturated rings. The SMILES string of the molecule is CC1(C(=O)Nc2ccc(OS)cc2)CC1.O=CNc1ccc(F)cc1. The van der Waals surface area contributed by atoms with E-state index >= 15 is 0 Å². The third-order valence-electron chi connectivity index (χ3n) is 3.84. The quantitative estimate of drug-likeness (QED) is 0.427. The fourth-order valence-corrected chi connectivity index (χ4v) is 2.03. The first kappa shape index (κ1) is 18.8. The van der Waals surface area contributed by atoms with Gasteiger partial charge in [0.1, 0.15) is 11.6 Å². The number of benzene rings is 2. The van der Waals surface area contributed by atoms with Crippen LogP contribution in [-0.2, 0) is 9.59 Å². The van der Waals surface area contributed by atoms with Crippen molar-refractivity contribution in [2.75, 3.05) is 10.6 Å². The van der Waals surface area contributed by atoms with Crippen molar-refractivity contribution in [3.63, 3.8) is 0 Å². The molecule has 2 aromatic carbocycles. The number of halogens is 1. The highest BCUT2D eigenvalue weighted by molar-refractivity contribution is 7.75. The lowest BCUT2D eigenvalue weighted by atomic mass is 10.1. The lowest BCUT2D eigenvalue weighted by Crippen LogP contribution is -2.21. The largest absolute Gasteiger partial charge is 0.429 e. The second-order valence-electron chi connectivity index (χ2n) is 5.90. The van der Waals surface area contributed by atoms with Crippen LogP contribution in [0.3, 0.4) is 0 Å². The smallest absolute Gasteiger partial charge is 0.230 e. The van der Waals surface area contributed by atoms with Crippen LogP contribution < -0.4 is 14.8 Å². The van der Waals surface area contributed by atoms with Crippen LogP contribution >= 0.6 is 12.9 Å². The molecule has 7 heteroatoms. The topological polar surface area (TPSA) is 67.4 Å². The summed E-state index contributed by atoms with van der Waals surface area (Å²) >= 11 is 3.68. The van der Waals surface area contributed by atoms with Crippen LogP contribution in [0.2, 0.25) is 0 Å². The summed E-state index contributed by atoms with van der Waals surface area (Å²) in [4.78, 5) is 21.5. The fraction of sp³-hybridized carbons (Fsp3) is 0.222. The third kappa shape index (κ3) is 5.79. The maximum absolute atomic E-state index is 12.2. The molecule has 0 saturated heterocycles. The molecule has 0 radical (unpaired) electrons. The van der Waals surface area contributed by atoms with Gasteiger partial charge in [-0.15, -0.1) is 0 Å². The van der Waals surface area contributed by atoms with E-state index in [1.165, 1.54) is 24.3 Å². The maximum Gasteiger partial charge on any atom is 0.230 e. The van der Waals surface area contributed by atoms with E-state index in [9.17, 15) is 14.0 Å². The predicted molar refractivity (Wildman–Crippen MR) is 98.1 cm³/mol. The molecule has 25 heavy (non-hydrogen) atoms. The van der Waals surface area contributed by atoms with Gasteiger partial charge in [0.15, 0.2) is 0 Å². The molecule has 1 aliphatic rings. The number of rotatable bonds is 5. The molecule has 5 nitrogen and oxygen atoms in total. The van der Waals surface area contributed by atoms with Gasteiger partial charge in [0.05, 0.1) is 0 Å². The van der Waals surface area contributed by atoms with Gasteiger partial charge in [-0.3, -0.25) is 9.59 Å². The Bertz CT molecular complexity index is 716. The van der Waals surface area contributed by atoms with Crippen LogP contribution in [0.4, 0.5) is 15.8 Å². The van der Waals surface area contributed by atoms with Crippen LogP contribution in [0.5, 0.6) is 5.75 Å². The van der Waals surface area contributed by atoms with E-state index in [0.29, 0.717) is 17.8 Å². The Labute approximate surface area is 151 Å². The zero-order chi connectivity index (χ0) is 18.3. The van der Waals surface area contributed by atoms with E-state index in [0.717, 1.165) is 18.5 Å². The summed E-state index contributed by atoms with van der Waals surface area (Å²) in [5.74, 6) is 0.451. The lowest BCUT2D eigenvalue weighted by Gasteiger charge is -2.09. The van der Waals surface area contributed by atoms with Crippen molar-refractivity contribution in [2.24, 2.45) is 5.41 Å². The standard InChI is InChI=1S/C11H13NO2S.C7H6FNO/c1-11(6-7-11)10(13)12-8-2-4-9(14-15)5-3-8;8-6-1-3-7(4-2-6)9-5-10/h2-5,15H,6-7H2,1H3,(H,12,13);1-5H,(H,9,10). The summed E-state index contributed by atoms with van der Waals surface area (Å²) in [7, 11) is 0. The summed E-state index contributed by atoms with van der Waals surface area (Å²) in [5, 5.41) is 5.26. The highest BCUT2D eigenvalue weighted by Gasteiger charge is 2.44. The van der Waals surface area contributed by atoms with Gasteiger partial charge in [0.25, 0.3) is 0 Å². The molecule has 0 bridgehead atoms. The van der Waals surface area contributed by atoms with Crippen molar-refractivity contribution in [2.45, 2.75) is 19.8 Å². The highest BCUT2D eigenvalue weighted by atomic mass is 32.1. The Morgan fingerprint density at radius 3 is 2.16 bits per heavy atom. The van der Waals surface area contributed by atoms with Gasteiger partial charge < -0.3 is 14.8 Å². The minimum atomic E-state index is -0.309. The van der Waals surface area contributed by atoms with E-state index in [-0.39, 0.29) is 17.1 Å². The van der Waals surface area contributed by atoms with Gasteiger partial charge in [-0.25, -0.2) is 4.39 Å². The lowest BCUT2D eigenvalue weighted by molar-refractivity contribution is -0.120. The van der Waals surface area contributed by atoms with Crippen molar-refractivity contribution in [3.8, 4) is 5.75 Å². The number of hydrogen-bond acceptors (Lipinski definition) is 4. The second-order valence-corrected chi connectivity index (χ2v) is 6.08. The average molecular weight is 362 g/mol. The Morgan fingerprint density at radius 1 is 1.12 bits per heavy atom. The molecule has 1 saturated carbocycles. The summed E-state index contributed by atoms with van der Waals surface area (Å²) in [6.45, 7) is 1.98. The van der Waals surface area contributed by atoms with Gasteiger partial charge in [-0.05, 0) is 61.4 Å². The van der Waals surface area contributed by atoms with Crippen molar-refractivity contribution < 1.29 is 18.2 Å². The fourth-order valence-electron chi connectivity index (χ4n) is 1.91. The molecule has 0 atom stereocenters. The summed E-state index contributed by atoms with van der Waals surface area (Å²) in [6, 6.07) is 12.7. The molecule has 0 spiro atoms. The van der Waals surface area contributed by atoms with Crippen molar-refractivity contribution in [1.82, 2.24) is 0 Å². The first-order chi connectivity index (χ1) is 12.0. The van der Waals surface area contributed by atoms with Crippen molar-refractivity contribution >= 4 is 36.6 Å². The van der Waals surface area contributed by atoms with Gasteiger partial charge in [0.2, 0.25) is 12.3 Å². The van der Waals surface area contributed by atoms with E-state index in [1.54, 1.807) is 24.3 Å². The van der Waals surface area contributed by atoms with Gasteiger partial charge in [0, 0.05) is 29.7 Å². The number of carbonyl (C=O) groups excluding carboxylic acids is 2. The first-order valence-corrected chi connectivity index (χ1v) is 8.02. The molecule has 132 valence electrons. The van der Waals surface area contributed by atoms with E-state index < -0.39 is 0 Å². The first-order valence-electron chi connectivity index (χ1n) is 7.65. The van der Waals surface area contributed by atoms with Crippen LogP contribution in [0.25, 0.3) is 0 Å². The molecule has 0 aliphatic heterocycles. The van der Waals surface area contributed by atoms with Crippen molar-refractivity contribution in [1.29, 1.82) is 0 Å². The van der Waals surface area contributed by atoms with Crippen LogP contribution in [0, 0.1) is 11.2 Å². The maximum atomic E-state index is 12.2. The number of thiol groups is 1. The molecule has 0 aromatic heterocycles. The molecular weight excluding hydrogens is 343 g/mol. The van der Waals surface area contributed by atoms with E-state index in [4.69, 9.17) is 4.18 Å². The predicted octanol–water partition coefficient (Wildman–Crippen LogP) is 4.04. The Morgan fingerprint density at radius 2 is 1.68 bits per heavy atom. The van der Waals surface area contributed by atoms with Crippen LogP contribution in [0.15, 0.2) is 48.5 Å². The molecule has 0 unspecified atom stereocenters. The molecule has 2 N–H and O–H groups in total. The Balaban J connectivity index is 0.000000196. The Hall–Kier alpha value is -2.54. The Kier molecular flexibility index (Phi) is 6.41. The minimum Gasteiger partial charge on any atom is -0.429 e. The van der Waals surface area contributed by atoms with Gasteiger partial charge in [-0.1, -0.05) is 6.92 Å². The van der Waals surface area contributed by atoms with E-state index in [1.807, 2.05) is 6.92 Å². The zero-order valence-corrected chi connectivity index (χ0v) is 14.6. The normalized spacial score (nSPS) is 13.7. The van der Waals surface area contributed by atoms with Gasteiger partial charge in [-0.2, -0.15) is 0 Å². The zero-order valence-electron chi connectivity index (χ0n) is 13.7. The molecule has 3 rings (SSSR count). The minimum absolute atomic E-state index is 0.0991. The second kappa shape index (κ2) is 8.53. The molecule has 1 aliphatic carbocycles. The third-order valence-corrected chi connectivity index (χ3v) is 4.05. The number of hydrogen-bond donors (Lipinski definition) is 3. The molecule has 0 heterocycles.